The molecule has 3 N–H and O–H groups in total. The predicted molar refractivity (Wildman–Crippen MR) is 100 cm³/mol. The largest absolute Gasteiger partial charge is 0.497 e. The summed E-state index contributed by atoms with van der Waals surface area (Å²) in [5, 5.41) is 0.961. The van der Waals surface area contributed by atoms with Crippen molar-refractivity contribution >= 4 is 16.6 Å². The van der Waals surface area contributed by atoms with E-state index in [2.05, 4.69) is 61.9 Å². The molecule has 3 heteroatoms. The van der Waals surface area contributed by atoms with Gasteiger partial charge in [-0.15, -0.1) is 0 Å². The number of nitrogen functional groups attached to an aromatic ring is 1. The molecule has 0 saturated carbocycles. The fourth-order valence-corrected chi connectivity index (χ4v) is 2.61. The molecule has 3 aromatic rings. The lowest BCUT2D eigenvalue weighted by Crippen LogP contribution is -2.10. The first kappa shape index (κ1) is 16.0. The monoisotopic (exact) mass is 318 g/mol. The zero-order valence-electron chi connectivity index (χ0n) is 14.5. The van der Waals surface area contributed by atoms with Gasteiger partial charge in [-0.3, -0.25) is 0 Å². The van der Waals surface area contributed by atoms with Gasteiger partial charge < -0.3 is 15.5 Å². The summed E-state index contributed by atoms with van der Waals surface area (Å²) in [7, 11) is 1.65. The number of rotatable bonds is 1. The molecule has 0 unspecified atom stereocenters. The Bertz CT molecular complexity index is 932. The fourth-order valence-electron chi connectivity index (χ4n) is 2.61. The molecule has 0 aliphatic carbocycles. The van der Waals surface area contributed by atoms with Crippen LogP contribution in [0.25, 0.3) is 10.9 Å². The van der Waals surface area contributed by atoms with E-state index in [9.17, 15) is 0 Å². The van der Waals surface area contributed by atoms with Gasteiger partial charge in [-0.1, -0.05) is 38.8 Å². The van der Waals surface area contributed by atoms with Gasteiger partial charge in [0.05, 0.1) is 18.3 Å². The number of hydrogen-bond donors (Lipinski definition) is 2. The van der Waals surface area contributed by atoms with Crippen LogP contribution >= 0.6 is 0 Å². The molecule has 0 spiro atoms. The third-order valence-electron chi connectivity index (χ3n) is 4.13. The second kappa shape index (κ2) is 5.98. The lowest BCUT2D eigenvalue weighted by molar-refractivity contribution is 0.415. The standard InChI is InChI=1S/C21H22N2O/c1-21(2,3)15-8-5-14(6-9-15)7-12-18-20(22)17-11-10-16(24-4)13-19(17)23-18/h5-6,8-11,13,23H,22H2,1-4H3. The first-order valence-corrected chi connectivity index (χ1v) is 7.96. The number of nitrogens with one attached hydrogen (secondary N) is 1. The summed E-state index contributed by atoms with van der Waals surface area (Å²) in [6.07, 6.45) is 0. The second-order valence-electron chi connectivity index (χ2n) is 6.90. The van der Waals surface area contributed by atoms with Crippen LogP contribution in [0.4, 0.5) is 5.69 Å². The molecule has 3 rings (SSSR count). The Morgan fingerprint density at radius 2 is 1.71 bits per heavy atom. The average Bonchev–Trinajstić information content (AvgIpc) is 2.88. The quantitative estimate of drug-likeness (QED) is 0.651. The number of hydrogen-bond acceptors (Lipinski definition) is 2. The Morgan fingerprint density at radius 3 is 2.33 bits per heavy atom. The molecular weight excluding hydrogens is 296 g/mol. The van der Waals surface area contributed by atoms with Gasteiger partial charge in [0.15, 0.2) is 0 Å². The molecule has 0 saturated heterocycles. The van der Waals surface area contributed by atoms with Crippen LogP contribution in [0.2, 0.25) is 0 Å². The summed E-state index contributed by atoms with van der Waals surface area (Å²) < 4.78 is 5.24. The van der Waals surface area contributed by atoms with E-state index in [1.165, 1.54) is 5.56 Å². The van der Waals surface area contributed by atoms with Gasteiger partial charge in [0.2, 0.25) is 0 Å². The van der Waals surface area contributed by atoms with Crippen molar-refractivity contribution in [2.45, 2.75) is 26.2 Å². The van der Waals surface area contributed by atoms with Crippen LogP contribution in [-0.4, -0.2) is 12.1 Å². The van der Waals surface area contributed by atoms with Crippen LogP contribution < -0.4 is 10.5 Å². The number of methoxy groups -OCH3 is 1. The van der Waals surface area contributed by atoms with E-state index in [4.69, 9.17) is 10.5 Å². The van der Waals surface area contributed by atoms with Gasteiger partial charge in [0.25, 0.3) is 0 Å². The van der Waals surface area contributed by atoms with Crippen LogP contribution in [-0.2, 0) is 5.41 Å². The maximum absolute atomic E-state index is 6.20. The molecule has 1 heterocycles. The minimum Gasteiger partial charge on any atom is -0.497 e. The second-order valence-corrected chi connectivity index (χ2v) is 6.90. The topological polar surface area (TPSA) is 51.0 Å². The predicted octanol–water partition coefficient (Wildman–Crippen LogP) is 4.46. The van der Waals surface area contributed by atoms with Crippen molar-refractivity contribution in [1.29, 1.82) is 0 Å². The van der Waals surface area contributed by atoms with Crippen LogP contribution in [0.15, 0.2) is 42.5 Å². The molecule has 0 aliphatic heterocycles. The molecule has 0 aliphatic rings. The molecule has 0 atom stereocenters. The van der Waals surface area contributed by atoms with Crippen molar-refractivity contribution in [3.8, 4) is 17.6 Å². The number of nitrogens with two attached hydrogens (primary N) is 1. The highest BCUT2D eigenvalue weighted by Crippen LogP contribution is 2.27. The lowest BCUT2D eigenvalue weighted by atomic mass is 9.87. The Balaban J connectivity index is 1.93. The minimum atomic E-state index is 0.145. The molecule has 3 nitrogen and oxygen atoms in total. The van der Waals surface area contributed by atoms with Crippen molar-refractivity contribution < 1.29 is 4.74 Å². The van der Waals surface area contributed by atoms with E-state index in [0.29, 0.717) is 5.69 Å². The molecule has 2 aromatic carbocycles. The number of aromatic amines is 1. The summed E-state index contributed by atoms with van der Waals surface area (Å²) in [5.41, 5.74) is 11.0. The van der Waals surface area contributed by atoms with Crippen LogP contribution in [0.3, 0.4) is 0 Å². The Morgan fingerprint density at radius 1 is 1.00 bits per heavy atom. The molecule has 24 heavy (non-hydrogen) atoms. The molecule has 122 valence electrons. The molecule has 0 radical (unpaired) electrons. The van der Waals surface area contributed by atoms with Crippen molar-refractivity contribution in [3.05, 3.63) is 59.3 Å². The Kier molecular flexibility index (Phi) is 3.99. The normalized spacial score (nSPS) is 11.2. The Labute approximate surface area is 142 Å². The van der Waals surface area contributed by atoms with Gasteiger partial charge in [-0.25, -0.2) is 0 Å². The number of aromatic nitrogens is 1. The number of fused-ring (bicyclic) bond motifs is 1. The summed E-state index contributed by atoms with van der Waals surface area (Å²) >= 11 is 0. The van der Waals surface area contributed by atoms with Gasteiger partial charge in [0, 0.05) is 17.0 Å². The smallest absolute Gasteiger partial charge is 0.120 e. The number of benzene rings is 2. The number of ether oxygens (including phenoxy) is 1. The van der Waals surface area contributed by atoms with Crippen LogP contribution in [0.5, 0.6) is 5.75 Å². The van der Waals surface area contributed by atoms with E-state index >= 15 is 0 Å². The summed E-state index contributed by atoms with van der Waals surface area (Å²) in [5.74, 6) is 7.11. The average molecular weight is 318 g/mol. The highest BCUT2D eigenvalue weighted by atomic mass is 16.5. The zero-order chi connectivity index (χ0) is 17.3. The van der Waals surface area contributed by atoms with Crippen LogP contribution in [0, 0.1) is 11.8 Å². The van der Waals surface area contributed by atoms with Crippen molar-refractivity contribution in [3.63, 3.8) is 0 Å². The fraction of sp³-hybridized carbons (Fsp3) is 0.238. The van der Waals surface area contributed by atoms with E-state index in [0.717, 1.165) is 27.9 Å². The summed E-state index contributed by atoms with van der Waals surface area (Å²) in [6, 6.07) is 14.1. The number of H-pyrrole nitrogens is 1. The highest BCUT2D eigenvalue weighted by molar-refractivity contribution is 5.95. The first-order chi connectivity index (χ1) is 11.4. The third-order valence-corrected chi connectivity index (χ3v) is 4.13. The molecular formula is C21H22N2O. The molecule has 0 bridgehead atoms. The van der Waals surface area contributed by atoms with Gasteiger partial charge >= 0.3 is 0 Å². The summed E-state index contributed by atoms with van der Waals surface area (Å²) in [4.78, 5) is 3.27. The lowest BCUT2D eigenvalue weighted by Gasteiger charge is -2.18. The number of anilines is 1. The third kappa shape index (κ3) is 3.09. The Hall–Kier alpha value is -2.86. The van der Waals surface area contributed by atoms with E-state index < -0.39 is 0 Å². The minimum absolute atomic E-state index is 0.145. The van der Waals surface area contributed by atoms with Crippen molar-refractivity contribution in [2.75, 3.05) is 12.8 Å². The maximum atomic E-state index is 6.20. The van der Waals surface area contributed by atoms with Crippen molar-refractivity contribution in [2.24, 2.45) is 0 Å². The first-order valence-electron chi connectivity index (χ1n) is 7.96. The molecule has 0 fully saturated rings. The molecule has 1 aromatic heterocycles. The SMILES string of the molecule is COc1ccc2c(N)c(C#Cc3ccc(C(C)(C)C)cc3)[nH]c2c1. The van der Waals surface area contributed by atoms with Crippen molar-refractivity contribution in [1.82, 2.24) is 4.98 Å². The summed E-state index contributed by atoms with van der Waals surface area (Å²) in [6.45, 7) is 6.60. The van der Waals surface area contributed by atoms with Gasteiger partial charge in [-0.2, -0.15) is 0 Å². The van der Waals surface area contributed by atoms with Gasteiger partial charge in [0.1, 0.15) is 11.4 Å². The molecule has 0 amide bonds. The van der Waals surface area contributed by atoms with Crippen LogP contribution in [0.1, 0.15) is 37.6 Å². The van der Waals surface area contributed by atoms with E-state index in [1.807, 2.05) is 18.2 Å². The van der Waals surface area contributed by atoms with E-state index in [1.54, 1.807) is 7.11 Å². The van der Waals surface area contributed by atoms with E-state index in [-0.39, 0.29) is 5.41 Å². The zero-order valence-corrected chi connectivity index (χ0v) is 14.5. The van der Waals surface area contributed by atoms with Gasteiger partial charge in [-0.05, 0) is 41.2 Å². The highest BCUT2D eigenvalue weighted by Gasteiger charge is 2.12. The maximum Gasteiger partial charge on any atom is 0.120 e.